The zero-order valence-corrected chi connectivity index (χ0v) is 24.7. The van der Waals surface area contributed by atoms with E-state index in [-0.39, 0.29) is 23.6 Å². The van der Waals surface area contributed by atoms with Gasteiger partial charge in [-0.2, -0.15) is 0 Å². The Hall–Kier alpha value is -4.08. The molecule has 0 saturated heterocycles. The zero-order chi connectivity index (χ0) is 29.6. The van der Waals surface area contributed by atoms with E-state index in [0.29, 0.717) is 18.8 Å². The number of tetrazole rings is 1. The van der Waals surface area contributed by atoms with Gasteiger partial charge in [-0.05, 0) is 70.7 Å². The van der Waals surface area contributed by atoms with Crippen LogP contribution >= 0.6 is 0 Å². The van der Waals surface area contributed by atoms with Gasteiger partial charge >= 0.3 is 11.7 Å². The molecule has 0 spiro atoms. The van der Waals surface area contributed by atoms with Crippen molar-refractivity contribution in [1.29, 1.82) is 0 Å². The molecule has 1 aliphatic carbocycles. The molecule has 0 radical (unpaired) electrons. The second kappa shape index (κ2) is 13.3. The van der Waals surface area contributed by atoms with Crippen molar-refractivity contribution in [3.05, 3.63) is 70.7 Å². The normalized spacial score (nSPS) is 19.5. The molecule has 1 aromatic carbocycles. The number of rotatable bonds is 10. The van der Waals surface area contributed by atoms with Crippen molar-refractivity contribution in [1.82, 2.24) is 34.7 Å². The quantitative estimate of drug-likeness (QED) is 0.247. The lowest BCUT2D eigenvalue weighted by molar-refractivity contribution is -0.145. The number of unbranched alkanes of at least 4 members (excludes halogenated alkanes) is 1. The molecule has 5 rings (SSSR count). The van der Waals surface area contributed by atoms with E-state index < -0.39 is 11.9 Å². The zero-order valence-electron chi connectivity index (χ0n) is 24.7. The van der Waals surface area contributed by atoms with Gasteiger partial charge < -0.3 is 5.11 Å². The van der Waals surface area contributed by atoms with E-state index in [4.69, 9.17) is 0 Å². The largest absolute Gasteiger partial charge is 0.481 e. The van der Waals surface area contributed by atoms with E-state index >= 15 is 0 Å². The third-order valence-corrected chi connectivity index (χ3v) is 8.82. The molecule has 10 nitrogen and oxygen atoms in total. The molecule has 1 aliphatic rings. The molecule has 4 aromatic rings. The number of carboxylic acid groups (broad SMARTS) is 1. The second-order valence-electron chi connectivity index (χ2n) is 11.8. The highest BCUT2D eigenvalue weighted by atomic mass is 16.4. The van der Waals surface area contributed by atoms with E-state index in [1.165, 1.54) is 0 Å². The molecule has 2 N–H and O–H groups in total. The standard InChI is InChI=1S/C32H41N7O3/c1-4-5-11-23-20-39(29-24(21(2)3)12-7-6-8-15-28(29)31(40)41)32(42)38(23)19-22-18-33-17-16-25(22)26-13-9-10-14-27(26)30-34-36-37-35-30/h9-10,13-14,16-18,20-21,24,28-29H,4-8,11-12,15,19H2,1-3H3,(H,40,41)(H,34,35,36,37). The summed E-state index contributed by atoms with van der Waals surface area (Å²) in [5.74, 6) is -0.479. The van der Waals surface area contributed by atoms with Crippen LogP contribution in [0, 0.1) is 17.8 Å². The maximum atomic E-state index is 14.4. The number of aliphatic carboxylic acids is 1. The highest BCUT2D eigenvalue weighted by molar-refractivity contribution is 5.81. The molecule has 3 unspecified atom stereocenters. The van der Waals surface area contributed by atoms with Crippen molar-refractivity contribution in [2.75, 3.05) is 0 Å². The van der Waals surface area contributed by atoms with Crippen LogP contribution in [0.15, 0.2) is 53.7 Å². The van der Waals surface area contributed by atoms with Gasteiger partial charge in [-0.15, -0.1) is 5.10 Å². The number of imidazole rings is 1. The number of hydrogen-bond acceptors (Lipinski definition) is 6. The van der Waals surface area contributed by atoms with Crippen LogP contribution in [0.2, 0.25) is 0 Å². The van der Waals surface area contributed by atoms with Crippen LogP contribution in [0.3, 0.4) is 0 Å². The van der Waals surface area contributed by atoms with E-state index in [2.05, 4.69) is 46.4 Å². The SMILES string of the molecule is CCCCc1cn(C2C(C(=O)O)CCCCCC2C(C)C)c(=O)n1Cc1cnccc1-c1ccccc1-c1nnn[nH]1. The summed E-state index contributed by atoms with van der Waals surface area (Å²) in [5.41, 5.74) is 4.39. The molecular formula is C32H41N7O3. The van der Waals surface area contributed by atoms with Gasteiger partial charge in [0.2, 0.25) is 0 Å². The Balaban J connectivity index is 1.62. The summed E-state index contributed by atoms with van der Waals surface area (Å²) in [5, 5.41) is 24.8. The highest BCUT2D eigenvalue weighted by Crippen LogP contribution is 2.40. The maximum absolute atomic E-state index is 14.4. The molecule has 1 fully saturated rings. The Morgan fingerprint density at radius 3 is 2.60 bits per heavy atom. The smallest absolute Gasteiger partial charge is 0.328 e. The summed E-state index contributed by atoms with van der Waals surface area (Å²) in [6, 6.07) is 9.45. The molecule has 3 aromatic heterocycles. The molecule has 0 amide bonds. The van der Waals surface area contributed by atoms with E-state index in [1.807, 2.05) is 47.3 Å². The molecule has 1 saturated carbocycles. The Bertz CT molecular complexity index is 1540. The van der Waals surface area contributed by atoms with Gasteiger partial charge in [0.05, 0.1) is 18.5 Å². The van der Waals surface area contributed by atoms with Crippen LogP contribution in [-0.2, 0) is 17.8 Å². The number of nitrogens with zero attached hydrogens (tertiary/aromatic N) is 6. The number of benzene rings is 1. The number of aromatic nitrogens is 7. The van der Waals surface area contributed by atoms with Crippen LogP contribution in [0.25, 0.3) is 22.5 Å². The summed E-state index contributed by atoms with van der Waals surface area (Å²) >= 11 is 0. The van der Waals surface area contributed by atoms with Gasteiger partial charge in [-0.3, -0.25) is 18.9 Å². The number of carbonyl (C=O) groups is 1. The van der Waals surface area contributed by atoms with Crippen LogP contribution in [0.4, 0.5) is 0 Å². The third-order valence-electron chi connectivity index (χ3n) is 8.82. The molecule has 42 heavy (non-hydrogen) atoms. The summed E-state index contributed by atoms with van der Waals surface area (Å²) in [7, 11) is 0. The maximum Gasteiger partial charge on any atom is 0.328 e. The molecule has 3 heterocycles. The first-order valence-corrected chi connectivity index (χ1v) is 15.2. The van der Waals surface area contributed by atoms with Crippen molar-refractivity contribution in [3.63, 3.8) is 0 Å². The minimum atomic E-state index is -0.810. The van der Waals surface area contributed by atoms with Crippen molar-refractivity contribution < 1.29 is 9.90 Å². The number of aromatic amines is 1. The van der Waals surface area contributed by atoms with Gasteiger partial charge in [-0.1, -0.05) is 70.7 Å². The first kappa shape index (κ1) is 29.4. The van der Waals surface area contributed by atoms with Gasteiger partial charge in [0.1, 0.15) is 0 Å². The average Bonchev–Trinajstić information content (AvgIpc) is 3.61. The van der Waals surface area contributed by atoms with Gasteiger partial charge in [-0.25, -0.2) is 9.89 Å². The molecule has 0 bridgehead atoms. The van der Waals surface area contributed by atoms with Crippen molar-refractivity contribution in [2.24, 2.45) is 17.8 Å². The third kappa shape index (κ3) is 6.07. The number of pyridine rings is 1. The fourth-order valence-electron chi connectivity index (χ4n) is 6.63. The lowest BCUT2D eigenvalue weighted by Gasteiger charge is -2.36. The van der Waals surface area contributed by atoms with E-state index in [1.54, 1.807) is 10.8 Å². The van der Waals surface area contributed by atoms with Crippen molar-refractivity contribution in [3.8, 4) is 22.5 Å². The van der Waals surface area contributed by atoms with Crippen LogP contribution < -0.4 is 5.69 Å². The number of hydrogen-bond donors (Lipinski definition) is 2. The first-order valence-electron chi connectivity index (χ1n) is 15.2. The van der Waals surface area contributed by atoms with Crippen LogP contribution in [0.1, 0.15) is 83.0 Å². The Morgan fingerprint density at radius 1 is 1.10 bits per heavy atom. The minimum absolute atomic E-state index is 0.107. The van der Waals surface area contributed by atoms with Crippen LogP contribution in [-0.4, -0.2) is 45.8 Å². The lowest BCUT2D eigenvalue weighted by Crippen LogP contribution is -2.40. The summed E-state index contributed by atoms with van der Waals surface area (Å²) in [6.45, 7) is 6.77. The topological polar surface area (TPSA) is 132 Å². The van der Waals surface area contributed by atoms with Crippen molar-refractivity contribution in [2.45, 2.75) is 84.7 Å². The van der Waals surface area contributed by atoms with Gasteiger partial charge in [0, 0.05) is 29.8 Å². The summed E-state index contributed by atoms with van der Waals surface area (Å²) in [4.78, 5) is 31.4. The Kier molecular flexibility index (Phi) is 9.29. The predicted octanol–water partition coefficient (Wildman–Crippen LogP) is 5.76. The Labute approximate surface area is 246 Å². The summed E-state index contributed by atoms with van der Waals surface area (Å²) in [6.07, 6.45) is 12.7. The molecule has 0 aliphatic heterocycles. The minimum Gasteiger partial charge on any atom is -0.481 e. The fourth-order valence-corrected chi connectivity index (χ4v) is 6.63. The van der Waals surface area contributed by atoms with Gasteiger partial charge in [0.15, 0.2) is 5.82 Å². The number of carboxylic acids is 1. The molecule has 10 heteroatoms. The predicted molar refractivity (Wildman–Crippen MR) is 161 cm³/mol. The first-order chi connectivity index (χ1) is 20.4. The number of aryl methyl sites for hydroxylation is 1. The average molecular weight is 572 g/mol. The molecular weight excluding hydrogens is 530 g/mol. The van der Waals surface area contributed by atoms with E-state index in [9.17, 15) is 14.7 Å². The summed E-state index contributed by atoms with van der Waals surface area (Å²) < 4.78 is 3.62. The Morgan fingerprint density at radius 2 is 1.88 bits per heavy atom. The fraction of sp³-hybridized carbons (Fsp3) is 0.500. The second-order valence-corrected chi connectivity index (χ2v) is 11.8. The monoisotopic (exact) mass is 571 g/mol. The molecule has 222 valence electrons. The number of H-pyrrole nitrogens is 1. The molecule has 3 atom stereocenters. The lowest BCUT2D eigenvalue weighted by atomic mass is 9.74. The number of nitrogens with one attached hydrogen (secondary N) is 1. The van der Waals surface area contributed by atoms with Gasteiger partial charge in [0.25, 0.3) is 0 Å². The highest BCUT2D eigenvalue weighted by Gasteiger charge is 2.39. The van der Waals surface area contributed by atoms with Crippen molar-refractivity contribution >= 4 is 5.97 Å². The van der Waals surface area contributed by atoms with E-state index in [0.717, 1.165) is 72.9 Å². The van der Waals surface area contributed by atoms with Crippen LogP contribution in [0.5, 0.6) is 0 Å².